The van der Waals surface area contributed by atoms with Crippen molar-refractivity contribution >= 4 is 11.6 Å². The molecule has 2 rings (SSSR count). The van der Waals surface area contributed by atoms with Crippen molar-refractivity contribution in [3.05, 3.63) is 31.0 Å². The second-order valence-corrected chi connectivity index (χ2v) is 3.59. The molecule has 0 saturated carbocycles. The first kappa shape index (κ1) is 12.2. The van der Waals surface area contributed by atoms with E-state index in [0.717, 1.165) is 0 Å². The summed E-state index contributed by atoms with van der Waals surface area (Å²) in [5.41, 5.74) is 0.561. The zero-order valence-corrected chi connectivity index (χ0v) is 9.65. The molecule has 0 aromatic carbocycles. The Bertz CT molecular complexity index is 512. The number of nitrogens with one attached hydrogen (secondary N) is 1. The van der Waals surface area contributed by atoms with E-state index in [2.05, 4.69) is 20.4 Å². The average Bonchev–Trinajstić information content (AvgIpc) is 2.91. The topological polar surface area (TPSA) is 92.9 Å². The van der Waals surface area contributed by atoms with Gasteiger partial charge >= 0.3 is 0 Å². The third-order valence-corrected chi connectivity index (χ3v) is 2.26. The minimum absolute atomic E-state index is 0.00358. The number of aliphatic hydroxyl groups is 1. The number of rotatable bonds is 5. The minimum Gasteiger partial charge on any atom is -0.396 e. The number of amides is 1. The number of carbonyl (C=O) groups excluding carboxylic acids is 1. The molecule has 2 heterocycles. The first-order valence-corrected chi connectivity index (χ1v) is 5.52. The normalized spacial score (nSPS) is 10.3. The summed E-state index contributed by atoms with van der Waals surface area (Å²) in [6, 6.07) is 3.46. The molecule has 2 N–H and O–H groups in total. The van der Waals surface area contributed by atoms with Crippen LogP contribution in [-0.2, 0) is 4.79 Å². The van der Waals surface area contributed by atoms with Crippen molar-refractivity contribution < 1.29 is 9.90 Å². The van der Waals surface area contributed by atoms with Gasteiger partial charge in [-0.05, 0) is 18.6 Å². The summed E-state index contributed by atoms with van der Waals surface area (Å²) in [5.74, 6) is 0.339. The summed E-state index contributed by atoms with van der Waals surface area (Å²) in [6.07, 6.45) is 5.21. The van der Waals surface area contributed by atoms with Gasteiger partial charge in [0.25, 0.3) is 0 Å². The highest BCUT2D eigenvalue weighted by Crippen LogP contribution is 2.15. The van der Waals surface area contributed by atoms with Crippen molar-refractivity contribution in [3.63, 3.8) is 0 Å². The highest BCUT2D eigenvalue weighted by molar-refractivity contribution is 5.92. The number of aromatic nitrogens is 4. The monoisotopic (exact) mass is 247 g/mol. The van der Waals surface area contributed by atoms with Gasteiger partial charge in [0.1, 0.15) is 12.7 Å². The van der Waals surface area contributed by atoms with Gasteiger partial charge in [-0.15, -0.1) is 0 Å². The number of aliphatic hydroxyl groups excluding tert-OH is 1. The zero-order chi connectivity index (χ0) is 12.8. The third kappa shape index (κ3) is 2.89. The number of carbonyl (C=O) groups is 1. The van der Waals surface area contributed by atoms with Crippen molar-refractivity contribution in [1.82, 2.24) is 19.7 Å². The van der Waals surface area contributed by atoms with Gasteiger partial charge in [0.2, 0.25) is 5.91 Å². The fraction of sp³-hybridized carbons (Fsp3) is 0.273. The van der Waals surface area contributed by atoms with Crippen LogP contribution in [0.25, 0.3) is 5.82 Å². The van der Waals surface area contributed by atoms with Crippen LogP contribution in [-0.4, -0.2) is 37.4 Å². The SMILES string of the molecule is O=C(CCCO)Nc1cccnc1-n1cncn1. The highest BCUT2D eigenvalue weighted by Gasteiger charge is 2.09. The van der Waals surface area contributed by atoms with E-state index in [1.54, 1.807) is 18.3 Å². The lowest BCUT2D eigenvalue weighted by molar-refractivity contribution is -0.116. The molecule has 1 amide bonds. The molecular weight excluding hydrogens is 234 g/mol. The van der Waals surface area contributed by atoms with Crippen molar-refractivity contribution in [2.45, 2.75) is 12.8 Å². The first-order chi connectivity index (χ1) is 8.81. The van der Waals surface area contributed by atoms with Gasteiger partial charge in [0, 0.05) is 19.2 Å². The molecule has 18 heavy (non-hydrogen) atoms. The summed E-state index contributed by atoms with van der Waals surface area (Å²) in [6.45, 7) is -0.00358. The quantitative estimate of drug-likeness (QED) is 0.796. The van der Waals surface area contributed by atoms with Gasteiger partial charge in [-0.2, -0.15) is 5.10 Å². The van der Waals surface area contributed by atoms with Crippen LogP contribution in [0.3, 0.4) is 0 Å². The molecule has 0 aliphatic carbocycles. The molecule has 2 aromatic rings. The molecule has 0 atom stereocenters. The Kier molecular flexibility index (Phi) is 3.98. The van der Waals surface area contributed by atoms with Crippen LogP contribution in [0.15, 0.2) is 31.0 Å². The van der Waals surface area contributed by atoms with Crippen LogP contribution in [0, 0.1) is 0 Å². The second kappa shape index (κ2) is 5.87. The lowest BCUT2D eigenvalue weighted by Gasteiger charge is -2.08. The molecular formula is C11H13N5O2. The van der Waals surface area contributed by atoms with Crippen LogP contribution in [0.4, 0.5) is 5.69 Å². The lowest BCUT2D eigenvalue weighted by atomic mass is 10.3. The molecule has 0 bridgehead atoms. The van der Waals surface area contributed by atoms with E-state index in [0.29, 0.717) is 17.9 Å². The summed E-state index contributed by atoms with van der Waals surface area (Å²) in [7, 11) is 0. The minimum atomic E-state index is -0.168. The molecule has 0 spiro atoms. The maximum absolute atomic E-state index is 11.6. The van der Waals surface area contributed by atoms with E-state index < -0.39 is 0 Å². The number of hydrogen-bond donors (Lipinski definition) is 2. The first-order valence-electron chi connectivity index (χ1n) is 5.52. The van der Waals surface area contributed by atoms with Crippen LogP contribution < -0.4 is 5.32 Å². The Balaban J connectivity index is 2.16. The maximum Gasteiger partial charge on any atom is 0.224 e. The predicted octanol–water partition coefficient (Wildman–Crippen LogP) is 0.373. The van der Waals surface area contributed by atoms with Crippen molar-refractivity contribution in [1.29, 1.82) is 0 Å². The second-order valence-electron chi connectivity index (χ2n) is 3.59. The summed E-state index contributed by atoms with van der Waals surface area (Å²) in [4.78, 5) is 19.6. The maximum atomic E-state index is 11.6. The van der Waals surface area contributed by atoms with E-state index in [1.165, 1.54) is 17.3 Å². The van der Waals surface area contributed by atoms with Crippen molar-refractivity contribution in [2.75, 3.05) is 11.9 Å². The van der Waals surface area contributed by atoms with Crippen LogP contribution in [0.5, 0.6) is 0 Å². The van der Waals surface area contributed by atoms with Crippen molar-refractivity contribution in [3.8, 4) is 5.82 Å². The van der Waals surface area contributed by atoms with E-state index in [4.69, 9.17) is 5.11 Å². The molecule has 0 saturated heterocycles. The van der Waals surface area contributed by atoms with E-state index in [1.807, 2.05) is 0 Å². The van der Waals surface area contributed by atoms with Gasteiger partial charge in [-0.1, -0.05) is 0 Å². The molecule has 0 aliphatic heterocycles. The van der Waals surface area contributed by atoms with Crippen LogP contribution in [0.1, 0.15) is 12.8 Å². The predicted molar refractivity (Wildman–Crippen MR) is 64.1 cm³/mol. The average molecular weight is 247 g/mol. The summed E-state index contributed by atoms with van der Waals surface area (Å²) in [5, 5.41) is 15.4. The van der Waals surface area contributed by atoms with Crippen LogP contribution >= 0.6 is 0 Å². The Labute approximate surface area is 104 Å². The fourth-order valence-electron chi connectivity index (χ4n) is 1.45. The van der Waals surface area contributed by atoms with Gasteiger partial charge in [-0.25, -0.2) is 14.6 Å². The number of hydrogen-bond acceptors (Lipinski definition) is 5. The standard InChI is InChI=1S/C11H13N5O2/c17-6-2-4-10(18)15-9-3-1-5-13-11(9)16-8-12-7-14-16/h1,3,5,7-8,17H,2,4,6H2,(H,15,18). The van der Waals surface area contributed by atoms with Gasteiger partial charge < -0.3 is 10.4 Å². The van der Waals surface area contributed by atoms with E-state index in [9.17, 15) is 4.79 Å². The fourth-order valence-corrected chi connectivity index (χ4v) is 1.45. The van der Waals surface area contributed by atoms with Gasteiger partial charge in [-0.3, -0.25) is 4.79 Å². The number of anilines is 1. The number of pyridine rings is 1. The molecule has 0 aliphatic rings. The Morgan fingerprint density at radius 3 is 3.11 bits per heavy atom. The van der Waals surface area contributed by atoms with E-state index in [-0.39, 0.29) is 18.9 Å². The summed E-state index contributed by atoms with van der Waals surface area (Å²) >= 11 is 0. The Hall–Kier alpha value is -2.28. The third-order valence-electron chi connectivity index (χ3n) is 2.26. The Morgan fingerprint density at radius 1 is 1.50 bits per heavy atom. The molecule has 7 heteroatoms. The molecule has 94 valence electrons. The van der Waals surface area contributed by atoms with Crippen molar-refractivity contribution in [2.24, 2.45) is 0 Å². The van der Waals surface area contributed by atoms with Crippen LogP contribution in [0.2, 0.25) is 0 Å². The highest BCUT2D eigenvalue weighted by atomic mass is 16.3. The largest absolute Gasteiger partial charge is 0.396 e. The molecule has 0 unspecified atom stereocenters. The Morgan fingerprint density at radius 2 is 2.39 bits per heavy atom. The molecule has 0 fully saturated rings. The molecule has 0 radical (unpaired) electrons. The van der Waals surface area contributed by atoms with E-state index >= 15 is 0 Å². The number of nitrogens with zero attached hydrogens (tertiary/aromatic N) is 4. The molecule has 2 aromatic heterocycles. The van der Waals surface area contributed by atoms with Gasteiger partial charge in [0.05, 0.1) is 5.69 Å². The lowest BCUT2D eigenvalue weighted by Crippen LogP contribution is -2.14. The molecule has 7 nitrogen and oxygen atoms in total. The zero-order valence-electron chi connectivity index (χ0n) is 9.65. The van der Waals surface area contributed by atoms with Gasteiger partial charge in [0.15, 0.2) is 5.82 Å². The smallest absolute Gasteiger partial charge is 0.224 e. The summed E-state index contributed by atoms with van der Waals surface area (Å²) < 4.78 is 1.47.